The topological polar surface area (TPSA) is 24.1 Å². The molecular weight excluding hydrogens is 532 g/mol. The van der Waals surface area contributed by atoms with Crippen LogP contribution in [0.3, 0.4) is 0 Å². The molecule has 0 aromatic carbocycles. The van der Waals surface area contributed by atoms with Gasteiger partial charge >= 0.3 is 0 Å². The van der Waals surface area contributed by atoms with E-state index >= 15 is 0 Å². The Bertz CT molecular complexity index is 878. The number of piperidine rings is 1. The molecule has 1 heterocycles. The maximum atomic E-state index is 4.80. The largest absolute Gasteiger partial charge is 0.309 e. The van der Waals surface area contributed by atoms with Crippen LogP contribution in [0.5, 0.6) is 0 Å². The molecule has 6 aliphatic carbocycles. The van der Waals surface area contributed by atoms with Crippen molar-refractivity contribution in [3.63, 3.8) is 0 Å². The van der Waals surface area contributed by atoms with Crippen LogP contribution >= 0.6 is 0 Å². The highest BCUT2D eigenvalue weighted by Crippen LogP contribution is 2.55. The summed E-state index contributed by atoms with van der Waals surface area (Å²) < 4.78 is 0. The summed E-state index contributed by atoms with van der Waals surface area (Å²) in [6.07, 6.45) is 33.3. The number of nitrogens with one attached hydrogen (secondary N) is 2. The van der Waals surface area contributed by atoms with E-state index in [9.17, 15) is 0 Å². The van der Waals surface area contributed by atoms with Crippen molar-refractivity contribution in [2.75, 3.05) is 0 Å². The van der Waals surface area contributed by atoms with Gasteiger partial charge in [-0.3, -0.25) is 0 Å². The first-order valence-corrected chi connectivity index (χ1v) is 21.0. The van der Waals surface area contributed by atoms with Crippen molar-refractivity contribution in [2.24, 2.45) is 71.0 Å². The smallest absolute Gasteiger partial charge is 0.0255 e. The van der Waals surface area contributed by atoms with Gasteiger partial charge in [-0.2, -0.15) is 0 Å². The van der Waals surface area contributed by atoms with Gasteiger partial charge < -0.3 is 10.6 Å². The van der Waals surface area contributed by atoms with Crippen molar-refractivity contribution in [1.29, 1.82) is 0 Å². The molecule has 0 aromatic rings. The van der Waals surface area contributed by atoms with Gasteiger partial charge in [0.1, 0.15) is 0 Å². The normalized spacial score (nSPS) is 47.5. The zero-order chi connectivity index (χ0) is 30.2. The number of hydrogen-bond acceptors (Lipinski definition) is 2. The van der Waals surface area contributed by atoms with E-state index in [0.29, 0.717) is 12.1 Å². The summed E-state index contributed by atoms with van der Waals surface area (Å²) >= 11 is 0. The first-order valence-electron chi connectivity index (χ1n) is 21.0. The quantitative estimate of drug-likeness (QED) is 0.301. The third kappa shape index (κ3) is 6.63. The standard InChI is InChI=1S/C42H74N2/c1-27(2)31-21-12-22-32(28(3)4)41(31)44-42(38-26-30-15-6-8-18-34(30)35-19-9-10-20-36(35)38)40-25-13-24-39(43-40)37-23-11-16-29-14-5-7-17-33(29)37/h27-44H,5-26H2,1-4H3. The molecule has 6 saturated carbocycles. The molecule has 0 spiro atoms. The molecule has 1 aliphatic heterocycles. The minimum atomic E-state index is 0.697. The van der Waals surface area contributed by atoms with Crippen LogP contribution in [0.15, 0.2) is 0 Å². The lowest BCUT2D eigenvalue weighted by Gasteiger charge is -2.57. The fourth-order valence-corrected chi connectivity index (χ4v) is 14.2. The van der Waals surface area contributed by atoms with Crippen molar-refractivity contribution >= 4 is 0 Å². The predicted octanol–water partition coefficient (Wildman–Crippen LogP) is 10.8. The Balaban J connectivity index is 1.19. The van der Waals surface area contributed by atoms with Crippen LogP contribution in [0, 0.1) is 71.0 Å². The molecule has 0 amide bonds. The van der Waals surface area contributed by atoms with E-state index in [-0.39, 0.29) is 0 Å². The van der Waals surface area contributed by atoms with Crippen molar-refractivity contribution in [1.82, 2.24) is 10.6 Å². The summed E-state index contributed by atoms with van der Waals surface area (Å²) in [5, 5.41) is 9.44. The van der Waals surface area contributed by atoms with Crippen LogP contribution in [0.1, 0.15) is 169 Å². The van der Waals surface area contributed by atoms with E-state index < -0.39 is 0 Å². The molecule has 13 unspecified atom stereocenters. The number of fused-ring (bicyclic) bond motifs is 4. The van der Waals surface area contributed by atoms with Gasteiger partial charge in [0, 0.05) is 24.2 Å². The summed E-state index contributed by atoms with van der Waals surface area (Å²) in [7, 11) is 0. The molecule has 252 valence electrons. The van der Waals surface area contributed by atoms with Gasteiger partial charge in [0.2, 0.25) is 0 Å². The van der Waals surface area contributed by atoms with Crippen LogP contribution in [-0.4, -0.2) is 24.2 Å². The van der Waals surface area contributed by atoms with Crippen LogP contribution in [0.25, 0.3) is 0 Å². The average molecular weight is 607 g/mol. The summed E-state index contributed by atoms with van der Waals surface area (Å²) in [4.78, 5) is 0. The van der Waals surface area contributed by atoms with Crippen molar-refractivity contribution < 1.29 is 0 Å². The fraction of sp³-hybridized carbons (Fsp3) is 1.00. The molecule has 2 nitrogen and oxygen atoms in total. The van der Waals surface area contributed by atoms with E-state index in [2.05, 4.69) is 33.0 Å². The molecule has 13 atom stereocenters. The minimum absolute atomic E-state index is 0.697. The van der Waals surface area contributed by atoms with Crippen molar-refractivity contribution in [3.05, 3.63) is 0 Å². The summed E-state index contributed by atoms with van der Waals surface area (Å²) in [6.45, 7) is 10.2. The van der Waals surface area contributed by atoms with E-state index in [1.54, 1.807) is 51.4 Å². The van der Waals surface area contributed by atoms with E-state index in [1.165, 1.54) is 89.9 Å². The van der Waals surface area contributed by atoms with Gasteiger partial charge in [-0.15, -0.1) is 0 Å². The highest BCUT2D eigenvalue weighted by Gasteiger charge is 2.51. The van der Waals surface area contributed by atoms with Crippen molar-refractivity contribution in [2.45, 2.75) is 193 Å². The molecule has 7 rings (SSSR count). The first-order chi connectivity index (χ1) is 21.5. The van der Waals surface area contributed by atoms with Gasteiger partial charge in [-0.05, 0) is 135 Å². The van der Waals surface area contributed by atoms with E-state index in [4.69, 9.17) is 5.32 Å². The summed E-state index contributed by atoms with van der Waals surface area (Å²) in [6, 6.07) is 2.92. The Morgan fingerprint density at radius 2 is 0.977 bits per heavy atom. The predicted molar refractivity (Wildman–Crippen MR) is 188 cm³/mol. The first kappa shape index (κ1) is 32.5. The molecule has 2 heteroatoms. The lowest BCUT2D eigenvalue weighted by Crippen LogP contribution is -2.65. The van der Waals surface area contributed by atoms with Gasteiger partial charge in [0.05, 0.1) is 0 Å². The summed E-state index contributed by atoms with van der Waals surface area (Å²) in [5.74, 6) is 11.4. The summed E-state index contributed by atoms with van der Waals surface area (Å²) in [5.41, 5.74) is 0. The van der Waals surface area contributed by atoms with Crippen LogP contribution in [0.2, 0.25) is 0 Å². The Morgan fingerprint density at radius 1 is 0.455 bits per heavy atom. The monoisotopic (exact) mass is 607 g/mol. The second-order valence-electron chi connectivity index (χ2n) is 18.8. The Morgan fingerprint density at radius 3 is 1.68 bits per heavy atom. The average Bonchev–Trinajstić information content (AvgIpc) is 3.06. The molecule has 7 aliphatic rings. The zero-order valence-electron chi connectivity index (χ0n) is 29.8. The zero-order valence-corrected chi connectivity index (χ0v) is 29.8. The van der Waals surface area contributed by atoms with Gasteiger partial charge in [0.25, 0.3) is 0 Å². The molecule has 44 heavy (non-hydrogen) atoms. The Labute approximate surface area is 274 Å². The number of hydrogen-bond donors (Lipinski definition) is 2. The molecule has 2 N–H and O–H groups in total. The van der Waals surface area contributed by atoms with Crippen LogP contribution in [-0.2, 0) is 0 Å². The Hall–Kier alpha value is -0.0800. The lowest BCUT2D eigenvalue weighted by molar-refractivity contribution is -0.0443. The SMILES string of the molecule is CC(C)C1CCCC(C(C)C)C1NC(C1CCCC(C2CCCC3CCCCC32)N1)C1CC2CCCCC2C2CCCCC21. The molecule has 0 aromatic heterocycles. The molecule has 0 radical (unpaired) electrons. The maximum absolute atomic E-state index is 4.80. The molecular formula is C42H74N2. The highest BCUT2D eigenvalue weighted by atomic mass is 15.1. The molecule has 7 fully saturated rings. The third-order valence-corrected chi connectivity index (χ3v) is 16.1. The number of rotatable bonds is 7. The third-order valence-electron chi connectivity index (χ3n) is 16.1. The second-order valence-corrected chi connectivity index (χ2v) is 18.8. The lowest BCUT2D eigenvalue weighted by atomic mass is 9.52. The van der Waals surface area contributed by atoms with E-state index in [0.717, 1.165) is 83.1 Å². The van der Waals surface area contributed by atoms with Gasteiger partial charge in [-0.1, -0.05) is 105 Å². The van der Waals surface area contributed by atoms with Crippen LogP contribution < -0.4 is 10.6 Å². The molecule has 1 saturated heterocycles. The second kappa shape index (κ2) is 14.6. The van der Waals surface area contributed by atoms with E-state index in [1.807, 2.05) is 0 Å². The fourth-order valence-electron chi connectivity index (χ4n) is 14.2. The molecule has 0 bridgehead atoms. The maximum Gasteiger partial charge on any atom is 0.0255 e. The van der Waals surface area contributed by atoms with Crippen LogP contribution in [0.4, 0.5) is 0 Å². The van der Waals surface area contributed by atoms with Gasteiger partial charge in [0.15, 0.2) is 0 Å². The minimum Gasteiger partial charge on any atom is -0.309 e. The van der Waals surface area contributed by atoms with Crippen molar-refractivity contribution in [3.8, 4) is 0 Å². The highest BCUT2D eigenvalue weighted by molar-refractivity contribution is 5.06. The Kier molecular flexibility index (Phi) is 10.8. The van der Waals surface area contributed by atoms with Gasteiger partial charge in [-0.25, -0.2) is 0 Å².